The van der Waals surface area contributed by atoms with Gasteiger partial charge in [0.25, 0.3) is 0 Å². The molecule has 1 aromatic carbocycles. The molecule has 0 aliphatic rings. The van der Waals surface area contributed by atoms with E-state index < -0.39 is 0 Å². The van der Waals surface area contributed by atoms with Gasteiger partial charge in [-0.3, -0.25) is 4.79 Å². The highest BCUT2D eigenvalue weighted by Gasteiger charge is 2.10. The van der Waals surface area contributed by atoms with Crippen LogP contribution in [-0.4, -0.2) is 18.4 Å². The van der Waals surface area contributed by atoms with Crippen molar-refractivity contribution in [2.24, 2.45) is 0 Å². The average Bonchev–Trinajstić information content (AvgIpc) is 2.63. The number of aromatic nitrogens is 1. The first-order valence-electron chi connectivity index (χ1n) is 4.06. The topological polar surface area (TPSA) is 42.1 Å². The summed E-state index contributed by atoms with van der Waals surface area (Å²) in [5, 5.41) is 0.861. The van der Waals surface area contributed by atoms with Crippen LogP contribution in [0.3, 0.4) is 0 Å². The van der Waals surface area contributed by atoms with E-state index in [1.165, 1.54) is 0 Å². The number of nitrogens with one attached hydrogen (secondary N) is 1. The van der Waals surface area contributed by atoms with Crippen molar-refractivity contribution in [1.82, 2.24) is 4.98 Å². The molecule has 3 nitrogen and oxygen atoms in total. The van der Waals surface area contributed by atoms with Gasteiger partial charge in [-0.1, -0.05) is 15.9 Å². The van der Waals surface area contributed by atoms with Gasteiger partial charge < -0.3 is 9.72 Å². The molecule has 72 valence electrons. The highest BCUT2D eigenvalue weighted by Crippen LogP contribution is 2.32. The number of aromatic amines is 1. The molecule has 1 heterocycles. The highest BCUT2D eigenvalue weighted by atomic mass is 79.9. The number of carbonyl (C=O) groups is 1. The van der Waals surface area contributed by atoms with Crippen LogP contribution in [-0.2, 0) is 0 Å². The summed E-state index contributed by atoms with van der Waals surface area (Å²) in [6.45, 7) is 0. The fraction of sp³-hybridized carbons (Fsp3) is 0.100. The number of methoxy groups -OCH3 is 1. The van der Waals surface area contributed by atoms with Gasteiger partial charge in [-0.25, -0.2) is 0 Å². The van der Waals surface area contributed by atoms with E-state index in [9.17, 15) is 4.79 Å². The van der Waals surface area contributed by atoms with E-state index in [1.54, 1.807) is 13.3 Å². The molecule has 0 fully saturated rings. The van der Waals surface area contributed by atoms with Gasteiger partial charge in [0.2, 0.25) is 0 Å². The Balaban J connectivity index is 2.86. The van der Waals surface area contributed by atoms with Gasteiger partial charge in [0.1, 0.15) is 5.75 Å². The van der Waals surface area contributed by atoms with E-state index in [2.05, 4.69) is 20.9 Å². The minimum Gasteiger partial charge on any atom is -0.495 e. The third-order valence-electron chi connectivity index (χ3n) is 2.12. The minimum absolute atomic E-state index is 0.630. The molecule has 2 aromatic rings. The van der Waals surface area contributed by atoms with Crippen molar-refractivity contribution in [3.05, 3.63) is 28.4 Å². The molecule has 0 aliphatic carbocycles. The van der Waals surface area contributed by atoms with Gasteiger partial charge in [0.05, 0.1) is 12.6 Å². The van der Waals surface area contributed by atoms with Crippen LogP contribution in [0, 0.1) is 0 Å². The summed E-state index contributed by atoms with van der Waals surface area (Å²) in [5.74, 6) is 0.733. The van der Waals surface area contributed by atoms with Crippen molar-refractivity contribution >= 4 is 33.1 Å². The van der Waals surface area contributed by atoms with Crippen LogP contribution < -0.4 is 4.74 Å². The lowest BCUT2D eigenvalue weighted by molar-refractivity contribution is 0.112. The van der Waals surface area contributed by atoms with E-state index in [1.807, 2.05) is 12.1 Å². The summed E-state index contributed by atoms with van der Waals surface area (Å²) >= 11 is 3.40. The molecular formula is C10H8BrNO2. The van der Waals surface area contributed by atoms with Gasteiger partial charge in [0.15, 0.2) is 6.29 Å². The van der Waals surface area contributed by atoms with Crippen LogP contribution in [0.4, 0.5) is 0 Å². The number of carbonyl (C=O) groups excluding carboxylic acids is 1. The Hall–Kier alpha value is -1.29. The predicted octanol–water partition coefficient (Wildman–Crippen LogP) is 2.75. The molecule has 0 radical (unpaired) electrons. The van der Waals surface area contributed by atoms with E-state index in [0.29, 0.717) is 5.56 Å². The maximum absolute atomic E-state index is 10.8. The Morgan fingerprint density at radius 1 is 1.50 bits per heavy atom. The molecule has 0 unspecified atom stereocenters. The summed E-state index contributed by atoms with van der Waals surface area (Å²) in [4.78, 5) is 13.8. The average molecular weight is 254 g/mol. The number of hydrogen-bond donors (Lipinski definition) is 1. The largest absolute Gasteiger partial charge is 0.495 e. The van der Waals surface area contributed by atoms with Crippen LogP contribution in [0.5, 0.6) is 5.75 Å². The Bertz CT molecular complexity index is 490. The second-order valence-electron chi connectivity index (χ2n) is 2.86. The molecule has 2 rings (SSSR count). The van der Waals surface area contributed by atoms with Crippen LogP contribution >= 0.6 is 15.9 Å². The molecule has 0 saturated heterocycles. The number of aldehydes is 1. The third-order valence-corrected chi connectivity index (χ3v) is 2.78. The normalized spacial score (nSPS) is 10.4. The van der Waals surface area contributed by atoms with Crippen molar-refractivity contribution in [1.29, 1.82) is 0 Å². The molecule has 0 saturated carbocycles. The van der Waals surface area contributed by atoms with Crippen LogP contribution in [0.25, 0.3) is 10.9 Å². The molecular weight excluding hydrogens is 246 g/mol. The molecule has 4 heteroatoms. The quantitative estimate of drug-likeness (QED) is 0.837. The van der Waals surface area contributed by atoms with Crippen molar-refractivity contribution in [2.45, 2.75) is 0 Å². The number of halogens is 1. The van der Waals surface area contributed by atoms with E-state index in [-0.39, 0.29) is 0 Å². The summed E-state index contributed by atoms with van der Waals surface area (Å²) < 4.78 is 6.06. The summed E-state index contributed by atoms with van der Waals surface area (Å²) in [6.07, 6.45) is 2.49. The number of rotatable bonds is 2. The SMILES string of the molecule is COc1ccc(Br)c2c(C=O)c[nH]c12. The monoisotopic (exact) mass is 253 g/mol. The van der Waals surface area contributed by atoms with E-state index in [4.69, 9.17) is 4.74 Å². The maximum Gasteiger partial charge on any atom is 0.152 e. The van der Waals surface area contributed by atoms with Gasteiger partial charge in [-0.05, 0) is 12.1 Å². The summed E-state index contributed by atoms with van der Waals surface area (Å²) in [7, 11) is 1.60. The first-order chi connectivity index (χ1) is 6.77. The first-order valence-corrected chi connectivity index (χ1v) is 4.86. The molecule has 1 N–H and O–H groups in total. The fourth-order valence-corrected chi connectivity index (χ4v) is 2.03. The third kappa shape index (κ3) is 1.23. The lowest BCUT2D eigenvalue weighted by atomic mass is 10.2. The van der Waals surface area contributed by atoms with Crippen LogP contribution in [0.1, 0.15) is 10.4 Å². The van der Waals surface area contributed by atoms with Gasteiger partial charge in [0, 0.05) is 21.6 Å². The maximum atomic E-state index is 10.8. The molecule has 1 aromatic heterocycles. The molecule has 14 heavy (non-hydrogen) atoms. The Kier molecular flexibility index (Phi) is 2.29. The minimum atomic E-state index is 0.630. The van der Waals surface area contributed by atoms with Gasteiger partial charge in [-0.15, -0.1) is 0 Å². The zero-order valence-electron chi connectivity index (χ0n) is 7.50. The van der Waals surface area contributed by atoms with Crippen molar-refractivity contribution in [2.75, 3.05) is 7.11 Å². The number of H-pyrrole nitrogens is 1. The van der Waals surface area contributed by atoms with Gasteiger partial charge in [-0.2, -0.15) is 0 Å². The number of fused-ring (bicyclic) bond motifs is 1. The van der Waals surface area contributed by atoms with Crippen molar-refractivity contribution in [3.63, 3.8) is 0 Å². The van der Waals surface area contributed by atoms with E-state index >= 15 is 0 Å². The van der Waals surface area contributed by atoms with Crippen molar-refractivity contribution < 1.29 is 9.53 Å². The van der Waals surface area contributed by atoms with Crippen LogP contribution in [0.2, 0.25) is 0 Å². The second-order valence-corrected chi connectivity index (χ2v) is 3.72. The molecule has 0 atom stereocenters. The Morgan fingerprint density at radius 3 is 2.93 bits per heavy atom. The smallest absolute Gasteiger partial charge is 0.152 e. The summed E-state index contributed by atoms with van der Waals surface area (Å²) in [6, 6.07) is 3.71. The number of ether oxygens (including phenoxy) is 1. The predicted molar refractivity (Wildman–Crippen MR) is 57.9 cm³/mol. The summed E-state index contributed by atoms with van der Waals surface area (Å²) in [5.41, 5.74) is 1.47. The lowest BCUT2D eigenvalue weighted by Crippen LogP contribution is -1.85. The molecule has 0 amide bonds. The molecule has 0 aliphatic heterocycles. The van der Waals surface area contributed by atoms with E-state index in [0.717, 1.165) is 27.4 Å². The number of hydrogen-bond acceptors (Lipinski definition) is 2. The highest BCUT2D eigenvalue weighted by molar-refractivity contribution is 9.10. The van der Waals surface area contributed by atoms with Crippen LogP contribution in [0.15, 0.2) is 22.8 Å². The zero-order chi connectivity index (χ0) is 10.1. The van der Waals surface area contributed by atoms with Gasteiger partial charge >= 0.3 is 0 Å². The number of benzene rings is 1. The second kappa shape index (κ2) is 3.46. The lowest BCUT2D eigenvalue weighted by Gasteiger charge is -2.02. The molecule has 0 spiro atoms. The Labute approximate surface area is 89.2 Å². The first kappa shape index (κ1) is 9.27. The fourth-order valence-electron chi connectivity index (χ4n) is 1.47. The standard InChI is InChI=1S/C10H8BrNO2/c1-14-8-3-2-7(11)9-6(5-13)4-12-10(8)9/h2-5,12H,1H3. The zero-order valence-corrected chi connectivity index (χ0v) is 9.09. The molecule has 0 bridgehead atoms. The Morgan fingerprint density at radius 2 is 2.29 bits per heavy atom. The van der Waals surface area contributed by atoms with Crippen molar-refractivity contribution in [3.8, 4) is 5.75 Å².